The van der Waals surface area contributed by atoms with E-state index in [2.05, 4.69) is 10.4 Å². The van der Waals surface area contributed by atoms with Crippen molar-refractivity contribution in [3.8, 4) is 0 Å². The second-order valence-electron chi connectivity index (χ2n) is 6.18. The Labute approximate surface area is 130 Å². The number of hydrogen-bond acceptors (Lipinski definition) is 4. The quantitative estimate of drug-likeness (QED) is 0.858. The number of hydrogen-bond donors (Lipinski definition) is 0. The zero-order valence-corrected chi connectivity index (χ0v) is 13.5. The summed E-state index contributed by atoms with van der Waals surface area (Å²) in [4.78, 5) is 19.0. The molecule has 5 heteroatoms. The minimum atomic E-state index is 0.295. The van der Waals surface area contributed by atoms with Crippen LogP contribution in [0.15, 0.2) is 5.38 Å². The third-order valence-corrected chi connectivity index (χ3v) is 5.59. The first-order chi connectivity index (χ1) is 10.2. The predicted molar refractivity (Wildman–Crippen MR) is 83.6 cm³/mol. The molecule has 0 bridgehead atoms. The molecule has 21 heavy (non-hydrogen) atoms. The Kier molecular flexibility index (Phi) is 4.91. The highest BCUT2D eigenvalue weighted by molar-refractivity contribution is 7.09. The molecular weight excluding hydrogens is 284 g/mol. The molecule has 2 fully saturated rings. The second-order valence-corrected chi connectivity index (χ2v) is 7.07. The maximum absolute atomic E-state index is 12.4. The van der Waals surface area contributed by atoms with E-state index < -0.39 is 0 Å². The number of likely N-dealkylation sites (tertiary alicyclic amines) is 1. The molecule has 2 saturated heterocycles. The molecule has 0 N–H and O–H groups in total. The fraction of sp³-hybridized carbons (Fsp3) is 0.750. The Morgan fingerprint density at radius 1 is 1.48 bits per heavy atom. The second kappa shape index (κ2) is 6.88. The van der Waals surface area contributed by atoms with Gasteiger partial charge >= 0.3 is 0 Å². The molecule has 2 unspecified atom stereocenters. The molecule has 3 rings (SSSR count). The highest BCUT2D eigenvalue weighted by Crippen LogP contribution is 2.29. The van der Waals surface area contributed by atoms with Gasteiger partial charge in [0.05, 0.1) is 11.1 Å². The van der Waals surface area contributed by atoms with Gasteiger partial charge in [-0.1, -0.05) is 0 Å². The number of amides is 1. The number of nitrogens with zero attached hydrogens (tertiary/aromatic N) is 2. The molecule has 2 aliphatic rings. The molecule has 116 valence electrons. The summed E-state index contributed by atoms with van der Waals surface area (Å²) >= 11 is 1.73. The van der Waals surface area contributed by atoms with Gasteiger partial charge in [-0.05, 0) is 39.0 Å². The van der Waals surface area contributed by atoms with Crippen molar-refractivity contribution < 1.29 is 9.53 Å². The van der Waals surface area contributed by atoms with E-state index in [1.165, 1.54) is 5.01 Å². The van der Waals surface area contributed by atoms with Gasteiger partial charge in [0.25, 0.3) is 0 Å². The van der Waals surface area contributed by atoms with Crippen molar-refractivity contribution in [3.05, 3.63) is 16.1 Å². The Morgan fingerprint density at radius 2 is 2.38 bits per heavy atom. The van der Waals surface area contributed by atoms with E-state index in [4.69, 9.17) is 4.74 Å². The van der Waals surface area contributed by atoms with Gasteiger partial charge in [0, 0.05) is 43.1 Å². The Bertz CT molecular complexity index is 482. The average molecular weight is 308 g/mol. The van der Waals surface area contributed by atoms with E-state index in [1.54, 1.807) is 11.3 Å². The lowest BCUT2D eigenvalue weighted by molar-refractivity contribution is -0.133. The molecule has 4 nitrogen and oxygen atoms in total. The van der Waals surface area contributed by atoms with Gasteiger partial charge in [-0.2, -0.15) is 0 Å². The lowest BCUT2D eigenvalue weighted by atomic mass is 9.98. The van der Waals surface area contributed by atoms with E-state index in [1.807, 2.05) is 11.8 Å². The normalized spacial score (nSPS) is 26.2. The number of aromatic nitrogens is 1. The number of aryl methyl sites for hydroxylation is 1. The van der Waals surface area contributed by atoms with Crippen LogP contribution in [-0.2, 0) is 9.53 Å². The minimum absolute atomic E-state index is 0.295. The molecule has 0 spiro atoms. The average Bonchev–Trinajstić information content (AvgIpc) is 3.16. The molecule has 0 saturated carbocycles. The fourth-order valence-corrected chi connectivity index (χ4v) is 4.21. The molecule has 0 aromatic carbocycles. The van der Waals surface area contributed by atoms with Crippen LogP contribution >= 0.6 is 11.3 Å². The first-order valence-electron chi connectivity index (χ1n) is 8.04. The number of carbonyl (C=O) groups is 1. The smallest absolute Gasteiger partial charge is 0.222 e. The molecule has 2 atom stereocenters. The molecule has 1 amide bonds. The van der Waals surface area contributed by atoms with Crippen LogP contribution in [0.5, 0.6) is 0 Å². The molecule has 3 heterocycles. The van der Waals surface area contributed by atoms with Gasteiger partial charge in [-0.15, -0.1) is 11.3 Å². The van der Waals surface area contributed by atoms with Crippen molar-refractivity contribution in [2.45, 2.75) is 57.5 Å². The lowest BCUT2D eigenvalue weighted by Gasteiger charge is -2.32. The highest BCUT2D eigenvalue weighted by Gasteiger charge is 2.27. The summed E-state index contributed by atoms with van der Waals surface area (Å²) in [6.07, 6.45) is 6.35. The first kappa shape index (κ1) is 15.0. The first-order valence-corrected chi connectivity index (χ1v) is 8.92. The van der Waals surface area contributed by atoms with Crippen molar-refractivity contribution in [2.75, 3.05) is 19.7 Å². The van der Waals surface area contributed by atoms with Gasteiger partial charge < -0.3 is 9.64 Å². The molecule has 0 radical (unpaired) electrons. The van der Waals surface area contributed by atoms with Crippen LogP contribution in [0.4, 0.5) is 0 Å². The van der Waals surface area contributed by atoms with Crippen molar-refractivity contribution >= 4 is 17.2 Å². The zero-order chi connectivity index (χ0) is 14.7. The van der Waals surface area contributed by atoms with Crippen LogP contribution in [0.1, 0.15) is 55.1 Å². The summed E-state index contributed by atoms with van der Waals surface area (Å²) in [5.74, 6) is 0.729. The van der Waals surface area contributed by atoms with Crippen LogP contribution in [0.25, 0.3) is 0 Å². The number of piperidine rings is 1. The maximum Gasteiger partial charge on any atom is 0.222 e. The molecular formula is C16H24N2O2S. The monoisotopic (exact) mass is 308 g/mol. The van der Waals surface area contributed by atoms with Crippen molar-refractivity contribution in [1.29, 1.82) is 0 Å². The summed E-state index contributed by atoms with van der Waals surface area (Å²) in [5.41, 5.74) is 1.09. The molecule has 2 aliphatic heterocycles. The highest BCUT2D eigenvalue weighted by atomic mass is 32.1. The topological polar surface area (TPSA) is 42.4 Å². The number of carbonyl (C=O) groups excluding carboxylic acids is 1. The molecule has 1 aromatic rings. The van der Waals surface area contributed by atoms with E-state index in [0.717, 1.165) is 57.5 Å². The number of rotatable bonds is 4. The maximum atomic E-state index is 12.4. The zero-order valence-electron chi connectivity index (χ0n) is 12.7. The standard InChI is InChI=1S/C16H24N2O2S/c1-12-11-21-16(17-12)13-4-2-8-18(10-13)15(19)7-6-14-5-3-9-20-14/h11,13-14H,2-10H2,1H3. The summed E-state index contributed by atoms with van der Waals surface area (Å²) in [7, 11) is 0. The number of ether oxygens (including phenoxy) is 1. The van der Waals surface area contributed by atoms with Crippen molar-refractivity contribution in [1.82, 2.24) is 9.88 Å². The van der Waals surface area contributed by atoms with Gasteiger partial charge in [0.1, 0.15) is 0 Å². The van der Waals surface area contributed by atoms with Gasteiger partial charge in [-0.3, -0.25) is 4.79 Å². The van der Waals surface area contributed by atoms with Gasteiger partial charge in [-0.25, -0.2) is 4.98 Å². The van der Waals surface area contributed by atoms with Crippen LogP contribution < -0.4 is 0 Å². The third-order valence-electron chi connectivity index (χ3n) is 4.46. The Morgan fingerprint density at radius 3 is 3.10 bits per heavy atom. The Hall–Kier alpha value is -0.940. The fourth-order valence-electron chi connectivity index (χ4n) is 3.28. The van der Waals surface area contributed by atoms with Crippen LogP contribution in [0, 0.1) is 6.92 Å². The SMILES string of the molecule is Cc1csc(C2CCCN(C(=O)CCC3CCCO3)C2)n1. The summed E-state index contributed by atoms with van der Waals surface area (Å²) in [6.45, 7) is 4.66. The summed E-state index contributed by atoms with van der Waals surface area (Å²) < 4.78 is 5.60. The summed E-state index contributed by atoms with van der Waals surface area (Å²) in [6, 6.07) is 0. The van der Waals surface area contributed by atoms with Crippen molar-refractivity contribution in [3.63, 3.8) is 0 Å². The molecule has 0 aliphatic carbocycles. The van der Waals surface area contributed by atoms with E-state index in [0.29, 0.717) is 24.3 Å². The van der Waals surface area contributed by atoms with Gasteiger partial charge in [0.15, 0.2) is 0 Å². The largest absolute Gasteiger partial charge is 0.378 e. The van der Waals surface area contributed by atoms with Gasteiger partial charge in [0.2, 0.25) is 5.91 Å². The van der Waals surface area contributed by atoms with E-state index >= 15 is 0 Å². The lowest BCUT2D eigenvalue weighted by Crippen LogP contribution is -2.39. The summed E-state index contributed by atoms with van der Waals surface area (Å²) in [5, 5.41) is 3.30. The third kappa shape index (κ3) is 3.83. The predicted octanol–water partition coefficient (Wildman–Crippen LogP) is 3.12. The minimum Gasteiger partial charge on any atom is -0.378 e. The van der Waals surface area contributed by atoms with E-state index in [9.17, 15) is 4.79 Å². The van der Waals surface area contributed by atoms with E-state index in [-0.39, 0.29) is 0 Å². The Balaban J connectivity index is 1.51. The van der Waals surface area contributed by atoms with Crippen LogP contribution in [0.3, 0.4) is 0 Å². The van der Waals surface area contributed by atoms with Crippen LogP contribution in [0.2, 0.25) is 0 Å². The van der Waals surface area contributed by atoms with Crippen LogP contribution in [-0.4, -0.2) is 41.6 Å². The molecule has 1 aromatic heterocycles. The van der Waals surface area contributed by atoms with Crippen molar-refractivity contribution in [2.24, 2.45) is 0 Å². The number of thiazole rings is 1.